The molecule has 2 aromatic rings. The molecular weight excluding hydrogens is 254 g/mol. The van der Waals surface area contributed by atoms with E-state index in [4.69, 9.17) is 0 Å². The van der Waals surface area contributed by atoms with Crippen LogP contribution in [0.2, 0.25) is 0 Å². The summed E-state index contributed by atoms with van der Waals surface area (Å²) in [5.41, 5.74) is 5.24. The van der Waals surface area contributed by atoms with Gasteiger partial charge < -0.3 is 0 Å². The zero-order chi connectivity index (χ0) is 15.5. The highest BCUT2D eigenvalue weighted by Crippen LogP contribution is 2.17. The summed E-state index contributed by atoms with van der Waals surface area (Å²) in [6.07, 6.45) is 4.96. The van der Waals surface area contributed by atoms with Crippen molar-refractivity contribution in [2.45, 2.75) is 27.2 Å². The SMILES string of the molecule is CC/C(=C\C=NC)c1ccc(C)cc1.Cc1ccccc1. The Morgan fingerprint density at radius 3 is 1.90 bits per heavy atom. The van der Waals surface area contributed by atoms with Crippen LogP contribution in [-0.4, -0.2) is 13.3 Å². The molecule has 0 aromatic heterocycles. The normalized spacial score (nSPS) is 11.1. The minimum atomic E-state index is 1.04. The second-order valence-corrected chi connectivity index (χ2v) is 4.97. The quantitative estimate of drug-likeness (QED) is 0.659. The van der Waals surface area contributed by atoms with Crippen molar-refractivity contribution in [3.63, 3.8) is 0 Å². The highest BCUT2D eigenvalue weighted by atomic mass is 14.6. The van der Waals surface area contributed by atoms with E-state index >= 15 is 0 Å². The van der Waals surface area contributed by atoms with Crippen LogP contribution in [0.4, 0.5) is 0 Å². The molecule has 0 heterocycles. The van der Waals surface area contributed by atoms with Crippen LogP contribution in [0.25, 0.3) is 5.57 Å². The number of hydrogen-bond donors (Lipinski definition) is 0. The lowest BCUT2D eigenvalue weighted by Gasteiger charge is -2.03. The maximum atomic E-state index is 3.97. The molecule has 0 unspecified atom stereocenters. The molecule has 0 amide bonds. The van der Waals surface area contributed by atoms with Crippen molar-refractivity contribution >= 4 is 11.8 Å². The Bertz CT molecular complexity index is 563. The molecule has 0 aliphatic heterocycles. The van der Waals surface area contributed by atoms with Gasteiger partial charge in [0, 0.05) is 13.3 Å². The maximum absolute atomic E-state index is 3.97. The van der Waals surface area contributed by atoms with Gasteiger partial charge in [-0.05, 0) is 37.5 Å². The fraction of sp³-hybridized carbons (Fsp3) is 0.250. The Morgan fingerprint density at radius 2 is 1.48 bits per heavy atom. The number of aliphatic imine (C=N–C) groups is 1. The van der Waals surface area contributed by atoms with Gasteiger partial charge in [-0.1, -0.05) is 72.6 Å². The fourth-order valence-electron chi connectivity index (χ4n) is 1.88. The van der Waals surface area contributed by atoms with Crippen molar-refractivity contribution in [2.24, 2.45) is 4.99 Å². The van der Waals surface area contributed by atoms with Gasteiger partial charge in [0.05, 0.1) is 0 Å². The molecule has 1 nitrogen and oxygen atoms in total. The second kappa shape index (κ2) is 9.71. The minimum absolute atomic E-state index is 1.04. The predicted molar refractivity (Wildman–Crippen MR) is 95.0 cm³/mol. The summed E-state index contributed by atoms with van der Waals surface area (Å²) in [7, 11) is 1.79. The van der Waals surface area contributed by atoms with Crippen LogP contribution in [0.15, 0.2) is 65.7 Å². The predicted octanol–water partition coefficient (Wildman–Crippen LogP) is 5.48. The molecule has 21 heavy (non-hydrogen) atoms. The van der Waals surface area contributed by atoms with Crippen LogP contribution in [0, 0.1) is 13.8 Å². The summed E-state index contributed by atoms with van der Waals surface area (Å²) >= 11 is 0. The molecule has 0 saturated heterocycles. The summed E-state index contributed by atoms with van der Waals surface area (Å²) in [6, 6.07) is 18.9. The lowest BCUT2D eigenvalue weighted by molar-refractivity contribution is 1.24. The molecule has 0 radical (unpaired) electrons. The molecule has 2 aromatic carbocycles. The van der Waals surface area contributed by atoms with E-state index in [1.807, 2.05) is 24.4 Å². The van der Waals surface area contributed by atoms with Gasteiger partial charge in [0.2, 0.25) is 0 Å². The van der Waals surface area contributed by atoms with Gasteiger partial charge in [-0.3, -0.25) is 4.99 Å². The Hall–Kier alpha value is -2.15. The molecule has 110 valence electrons. The van der Waals surface area contributed by atoms with Crippen LogP contribution in [0.5, 0.6) is 0 Å². The van der Waals surface area contributed by atoms with E-state index in [1.165, 1.54) is 22.3 Å². The van der Waals surface area contributed by atoms with Gasteiger partial charge in [-0.15, -0.1) is 0 Å². The number of rotatable bonds is 3. The van der Waals surface area contributed by atoms with Crippen LogP contribution in [0.3, 0.4) is 0 Å². The standard InChI is InChI=1S/C13H17N.C7H8/c1-4-12(9-10-14-3)13-7-5-11(2)6-8-13;1-7-5-3-2-4-6-7/h5-10H,4H2,1-3H3;2-6H,1H3/b12-9+,14-10?;. The lowest BCUT2D eigenvalue weighted by Crippen LogP contribution is -1.84. The van der Waals surface area contributed by atoms with Crippen LogP contribution >= 0.6 is 0 Å². The number of benzene rings is 2. The number of allylic oxidation sites excluding steroid dienone is 2. The highest BCUT2D eigenvalue weighted by Gasteiger charge is 1.96. The van der Waals surface area contributed by atoms with E-state index in [0.717, 1.165) is 6.42 Å². The van der Waals surface area contributed by atoms with Gasteiger partial charge in [-0.2, -0.15) is 0 Å². The molecule has 0 aliphatic carbocycles. The van der Waals surface area contributed by atoms with Gasteiger partial charge in [0.25, 0.3) is 0 Å². The zero-order valence-electron chi connectivity index (χ0n) is 13.5. The monoisotopic (exact) mass is 279 g/mol. The zero-order valence-corrected chi connectivity index (χ0v) is 13.5. The van der Waals surface area contributed by atoms with E-state index in [1.54, 1.807) is 7.05 Å². The fourth-order valence-corrected chi connectivity index (χ4v) is 1.88. The van der Waals surface area contributed by atoms with Crippen molar-refractivity contribution < 1.29 is 0 Å². The van der Waals surface area contributed by atoms with Crippen molar-refractivity contribution in [2.75, 3.05) is 7.05 Å². The van der Waals surface area contributed by atoms with Crippen molar-refractivity contribution in [1.29, 1.82) is 0 Å². The van der Waals surface area contributed by atoms with E-state index < -0.39 is 0 Å². The summed E-state index contributed by atoms with van der Waals surface area (Å²) in [6.45, 7) is 6.35. The van der Waals surface area contributed by atoms with E-state index in [-0.39, 0.29) is 0 Å². The first-order valence-corrected chi connectivity index (χ1v) is 7.37. The molecule has 1 heteroatoms. The summed E-state index contributed by atoms with van der Waals surface area (Å²) in [4.78, 5) is 3.97. The van der Waals surface area contributed by atoms with Crippen molar-refractivity contribution in [3.05, 3.63) is 77.4 Å². The van der Waals surface area contributed by atoms with E-state index in [9.17, 15) is 0 Å². The average Bonchev–Trinajstić information content (AvgIpc) is 2.51. The molecular formula is C20H25N. The molecule has 0 bridgehead atoms. The van der Waals surface area contributed by atoms with Gasteiger partial charge >= 0.3 is 0 Å². The third kappa shape index (κ3) is 6.71. The van der Waals surface area contributed by atoms with Gasteiger partial charge in [0.1, 0.15) is 0 Å². The summed E-state index contributed by atoms with van der Waals surface area (Å²) in [5, 5.41) is 0. The van der Waals surface area contributed by atoms with Gasteiger partial charge in [0.15, 0.2) is 0 Å². The smallest absolute Gasteiger partial charge is 0.0277 e. The van der Waals surface area contributed by atoms with Crippen LogP contribution in [0.1, 0.15) is 30.0 Å². The van der Waals surface area contributed by atoms with Crippen LogP contribution < -0.4 is 0 Å². The molecule has 0 aliphatic rings. The van der Waals surface area contributed by atoms with Gasteiger partial charge in [-0.25, -0.2) is 0 Å². The van der Waals surface area contributed by atoms with Crippen molar-refractivity contribution in [3.8, 4) is 0 Å². The third-order valence-electron chi connectivity index (χ3n) is 3.17. The summed E-state index contributed by atoms with van der Waals surface area (Å²) in [5.74, 6) is 0. The average molecular weight is 279 g/mol. The topological polar surface area (TPSA) is 12.4 Å². The highest BCUT2D eigenvalue weighted by molar-refractivity contribution is 5.84. The number of nitrogens with zero attached hydrogens (tertiary/aromatic N) is 1. The Balaban J connectivity index is 0.000000262. The third-order valence-corrected chi connectivity index (χ3v) is 3.17. The number of aryl methyl sites for hydroxylation is 2. The van der Waals surface area contributed by atoms with Crippen molar-refractivity contribution in [1.82, 2.24) is 0 Å². The van der Waals surface area contributed by atoms with Crippen LogP contribution in [-0.2, 0) is 0 Å². The Labute approximate surface area is 129 Å². The first-order valence-electron chi connectivity index (χ1n) is 7.37. The minimum Gasteiger partial charge on any atom is -0.297 e. The molecule has 0 spiro atoms. The maximum Gasteiger partial charge on any atom is 0.0277 e. The largest absolute Gasteiger partial charge is 0.297 e. The number of hydrogen-bond acceptors (Lipinski definition) is 1. The Kier molecular flexibility index (Phi) is 7.81. The summed E-state index contributed by atoms with van der Waals surface area (Å²) < 4.78 is 0. The molecule has 2 rings (SSSR count). The Morgan fingerprint density at radius 1 is 0.905 bits per heavy atom. The first kappa shape index (κ1) is 16.9. The lowest BCUT2D eigenvalue weighted by atomic mass is 10.0. The molecule has 0 saturated carbocycles. The van der Waals surface area contributed by atoms with E-state index in [0.29, 0.717) is 0 Å². The second-order valence-electron chi connectivity index (χ2n) is 4.97. The molecule has 0 N–H and O–H groups in total. The molecule has 0 fully saturated rings. The van der Waals surface area contributed by atoms with E-state index in [2.05, 4.69) is 68.2 Å². The molecule has 0 atom stereocenters. The first-order chi connectivity index (χ1) is 10.2.